The SMILES string of the molecule is CC(=O)OC(C)OC(=O)[C@H]1C[C@@H]1C(=O)c1cc(Cl)c2oc(C)cc2c1.CC(C)(C)C(=O)O. The van der Waals surface area contributed by atoms with E-state index in [1.54, 1.807) is 45.9 Å². The van der Waals surface area contributed by atoms with E-state index in [0.717, 1.165) is 5.39 Å². The molecule has 0 spiro atoms. The van der Waals surface area contributed by atoms with Gasteiger partial charge in [0.25, 0.3) is 0 Å². The zero-order valence-corrected chi connectivity index (χ0v) is 19.6. The van der Waals surface area contributed by atoms with Gasteiger partial charge < -0.3 is 19.0 Å². The number of Topliss-reactive ketones (excluding diaryl/α,β-unsaturated/α-hetero) is 1. The van der Waals surface area contributed by atoms with Gasteiger partial charge in [0.1, 0.15) is 5.76 Å². The van der Waals surface area contributed by atoms with Crippen molar-refractivity contribution in [2.75, 3.05) is 0 Å². The van der Waals surface area contributed by atoms with Crippen molar-refractivity contribution in [2.24, 2.45) is 17.3 Å². The monoisotopic (exact) mass is 466 g/mol. The minimum absolute atomic E-state index is 0.162. The molecular formula is C23H27ClO8. The Balaban J connectivity index is 0.000000451. The lowest BCUT2D eigenvalue weighted by atomic mass is 9.98. The van der Waals surface area contributed by atoms with Crippen LogP contribution in [0.5, 0.6) is 0 Å². The number of ketones is 1. The Hall–Kier alpha value is -2.87. The zero-order valence-electron chi connectivity index (χ0n) is 18.9. The van der Waals surface area contributed by atoms with Gasteiger partial charge in [0, 0.05) is 30.7 Å². The first-order valence-corrected chi connectivity index (χ1v) is 10.4. The van der Waals surface area contributed by atoms with Crippen molar-refractivity contribution in [2.45, 2.75) is 54.3 Å². The fourth-order valence-electron chi connectivity index (χ4n) is 2.85. The third-order valence-electron chi connectivity index (χ3n) is 4.66. The van der Waals surface area contributed by atoms with Crippen LogP contribution in [0, 0.1) is 24.2 Å². The van der Waals surface area contributed by atoms with E-state index in [-0.39, 0.29) is 5.78 Å². The number of fused-ring (bicyclic) bond motifs is 1. The van der Waals surface area contributed by atoms with Gasteiger partial charge in [-0.25, -0.2) is 0 Å². The molecular weight excluding hydrogens is 440 g/mol. The number of carbonyl (C=O) groups is 4. The van der Waals surface area contributed by atoms with Gasteiger partial charge in [-0.3, -0.25) is 19.2 Å². The smallest absolute Gasteiger partial charge is 0.312 e. The number of aliphatic carboxylic acids is 1. The normalized spacial score (nSPS) is 18.2. The van der Waals surface area contributed by atoms with Crippen LogP contribution in [0.25, 0.3) is 11.0 Å². The fraction of sp³-hybridized carbons (Fsp3) is 0.478. The number of hydrogen-bond acceptors (Lipinski definition) is 7. The molecule has 2 aromatic rings. The van der Waals surface area contributed by atoms with Gasteiger partial charge in [-0.1, -0.05) is 11.6 Å². The standard InChI is InChI=1S/C18H17ClO6.C5H10O2/c1-8-4-12-5-11(6-15(19)17(12)23-8)16(21)13-7-14(13)18(22)25-10(3)24-9(2)20;1-5(2,3)4(6)7/h4-6,10,13-14H,7H2,1-3H3;1-3H3,(H,6,7)/t10?,13-,14-;/m0./s1. The van der Waals surface area contributed by atoms with Crippen molar-refractivity contribution >= 4 is 46.3 Å². The summed E-state index contributed by atoms with van der Waals surface area (Å²) in [5.41, 5.74) is 0.393. The van der Waals surface area contributed by atoms with Crippen molar-refractivity contribution in [3.8, 4) is 0 Å². The quantitative estimate of drug-likeness (QED) is 0.379. The minimum atomic E-state index is -0.971. The summed E-state index contributed by atoms with van der Waals surface area (Å²) in [6, 6.07) is 5.07. The largest absolute Gasteiger partial charge is 0.481 e. The predicted octanol–water partition coefficient (Wildman–Crippen LogP) is 4.78. The topological polar surface area (TPSA) is 120 Å². The van der Waals surface area contributed by atoms with E-state index < -0.39 is 41.4 Å². The molecule has 0 amide bonds. The molecule has 1 aromatic heterocycles. The number of furan rings is 1. The Morgan fingerprint density at radius 3 is 2.25 bits per heavy atom. The van der Waals surface area contributed by atoms with E-state index in [4.69, 9.17) is 30.6 Å². The zero-order chi connectivity index (χ0) is 24.4. The molecule has 0 radical (unpaired) electrons. The van der Waals surface area contributed by atoms with Crippen LogP contribution in [0.2, 0.25) is 5.02 Å². The van der Waals surface area contributed by atoms with E-state index in [2.05, 4.69) is 0 Å². The lowest BCUT2D eigenvalue weighted by Crippen LogP contribution is -2.22. The summed E-state index contributed by atoms with van der Waals surface area (Å²) in [5, 5.41) is 9.36. The first kappa shape index (κ1) is 25.4. The molecule has 174 valence electrons. The van der Waals surface area contributed by atoms with E-state index in [9.17, 15) is 19.2 Å². The summed E-state index contributed by atoms with van der Waals surface area (Å²) in [7, 11) is 0. The molecule has 1 heterocycles. The van der Waals surface area contributed by atoms with Gasteiger partial charge in [-0.2, -0.15) is 0 Å². The molecule has 32 heavy (non-hydrogen) atoms. The Bertz CT molecular complexity index is 1050. The van der Waals surface area contributed by atoms with Gasteiger partial charge in [-0.15, -0.1) is 0 Å². The highest BCUT2D eigenvalue weighted by atomic mass is 35.5. The number of hydrogen-bond donors (Lipinski definition) is 1. The number of carboxylic acids is 1. The molecule has 1 aromatic carbocycles. The van der Waals surface area contributed by atoms with Crippen LogP contribution in [0.1, 0.15) is 57.2 Å². The van der Waals surface area contributed by atoms with Gasteiger partial charge >= 0.3 is 17.9 Å². The van der Waals surface area contributed by atoms with Crippen molar-refractivity contribution in [1.82, 2.24) is 0 Å². The van der Waals surface area contributed by atoms with Crippen LogP contribution < -0.4 is 0 Å². The van der Waals surface area contributed by atoms with Crippen LogP contribution in [0.4, 0.5) is 0 Å². The molecule has 1 fully saturated rings. The van der Waals surface area contributed by atoms with Crippen LogP contribution in [-0.4, -0.2) is 35.1 Å². The molecule has 1 unspecified atom stereocenters. The second-order valence-corrected chi connectivity index (χ2v) is 9.12. The van der Waals surface area contributed by atoms with Crippen molar-refractivity contribution < 1.29 is 38.2 Å². The number of carboxylic acid groups (broad SMARTS) is 1. The number of esters is 2. The van der Waals surface area contributed by atoms with Crippen LogP contribution in [0.15, 0.2) is 22.6 Å². The van der Waals surface area contributed by atoms with Crippen LogP contribution >= 0.6 is 11.6 Å². The maximum atomic E-state index is 12.6. The summed E-state index contributed by atoms with van der Waals surface area (Å²) < 4.78 is 15.3. The number of rotatable bonds is 5. The molecule has 1 N–H and O–H groups in total. The maximum absolute atomic E-state index is 12.6. The summed E-state index contributed by atoms with van der Waals surface area (Å²) in [5.74, 6) is -2.27. The molecule has 1 saturated carbocycles. The highest BCUT2D eigenvalue weighted by Gasteiger charge is 2.49. The molecule has 0 saturated heterocycles. The van der Waals surface area contributed by atoms with Crippen LogP contribution in [-0.2, 0) is 23.9 Å². The average Bonchev–Trinajstić information content (AvgIpc) is 3.35. The highest BCUT2D eigenvalue weighted by Crippen LogP contribution is 2.43. The lowest BCUT2D eigenvalue weighted by molar-refractivity contribution is -0.184. The molecule has 9 heteroatoms. The predicted molar refractivity (Wildman–Crippen MR) is 116 cm³/mol. The van der Waals surface area contributed by atoms with E-state index in [1.807, 2.05) is 0 Å². The summed E-state index contributed by atoms with van der Waals surface area (Å²) in [6.45, 7) is 9.47. The third-order valence-corrected chi connectivity index (χ3v) is 4.95. The third kappa shape index (κ3) is 6.56. The molecule has 3 atom stereocenters. The van der Waals surface area contributed by atoms with Gasteiger partial charge in [0.2, 0.25) is 6.29 Å². The van der Waals surface area contributed by atoms with Gasteiger partial charge in [-0.05, 0) is 52.3 Å². The fourth-order valence-corrected chi connectivity index (χ4v) is 3.11. The van der Waals surface area contributed by atoms with E-state index >= 15 is 0 Å². The lowest BCUT2D eigenvalue weighted by Gasteiger charge is -2.12. The summed E-state index contributed by atoms with van der Waals surface area (Å²) in [6.07, 6.45) is -0.564. The maximum Gasteiger partial charge on any atom is 0.312 e. The number of benzene rings is 1. The second kappa shape index (κ2) is 9.73. The van der Waals surface area contributed by atoms with Crippen molar-refractivity contribution in [3.63, 3.8) is 0 Å². The Labute approximate surface area is 190 Å². The molecule has 3 rings (SSSR count). The van der Waals surface area contributed by atoms with Gasteiger partial charge in [0.05, 0.1) is 16.4 Å². The number of aryl methyl sites for hydroxylation is 1. The average molecular weight is 467 g/mol. The molecule has 0 aliphatic heterocycles. The Morgan fingerprint density at radius 1 is 1.12 bits per heavy atom. The van der Waals surface area contributed by atoms with Gasteiger partial charge in [0.15, 0.2) is 11.4 Å². The molecule has 8 nitrogen and oxygen atoms in total. The summed E-state index contributed by atoms with van der Waals surface area (Å²) in [4.78, 5) is 45.5. The number of carbonyl (C=O) groups excluding carboxylic acids is 3. The van der Waals surface area contributed by atoms with E-state index in [0.29, 0.717) is 28.4 Å². The summed E-state index contributed by atoms with van der Waals surface area (Å²) >= 11 is 6.17. The van der Waals surface area contributed by atoms with E-state index in [1.165, 1.54) is 13.8 Å². The van der Waals surface area contributed by atoms with Crippen molar-refractivity contribution in [3.05, 3.63) is 34.5 Å². The second-order valence-electron chi connectivity index (χ2n) is 8.72. The molecule has 1 aliphatic carbocycles. The van der Waals surface area contributed by atoms with Crippen LogP contribution in [0.3, 0.4) is 0 Å². The van der Waals surface area contributed by atoms with Crippen molar-refractivity contribution in [1.29, 1.82) is 0 Å². The Morgan fingerprint density at radius 2 is 1.72 bits per heavy atom. The number of halogens is 1. The Kier molecular flexibility index (Phi) is 7.72. The number of ether oxygens (including phenoxy) is 2. The minimum Gasteiger partial charge on any atom is -0.481 e. The first-order valence-electron chi connectivity index (χ1n) is 10.1. The highest BCUT2D eigenvalue weighted by molar-refractivity contribution is 6.35. The first-order chi connectivity index (χ1) is 14.7. The molecule has 1 aliphatic rings. The molecule has 0 bridgehead atoms.